The molecular formula is C37H42N2O2S2. The highest BCUT2D eigenvalue weighted by Gasteiger charge is 2.23. The lowest BCUT2D eigenvalue weighted by Crippen LogP contribution is -2.14. The monoisotopic (exact) mass is 610 g/mol. The summed E-state index contributed by atoms with van der Waals surface area (Å²) in [6.45, 7) is 12.6. The normalized spacial score (nSPS) is 12.5. The summed E-state index contributed by atoms with van der Waals surface area (Å²) in [4.78, 5) is 11.7. The number of nitrogens with zero attached hydrogens (tertiary/aromatic N) is 2. The molecule has 0 bridgehead atoms. The molecule has 0 aliphatic rings. The molecule has 0 aliphatic carbocycles. The minimum atomic E-state index is -0.270. The van der Waals surface area contributed by atoms with E-state index in [1.807, 2.05) is 73.2 Å². The predicted octanol–water partition coefficient (Wildman–Crippen LogP) is 10.2. The minimum absolute atomic E-state index is 0.253. The quantitative estimate of drug-likeness (QED) is 0.154. The molecule has 4 nitrogen and oxygen atoms in total. The fraction of sp³-hybridized carbons (Fsp3) is 0.297. The van der Waals surface area contributed by atoms with E-state index in [1.165, 1.54) is 0 Å². The molecule has 4 rings (SSSR count). The summed E-state index contributed by atoms with van der Waals surface area (Å²) in [5.41, 5.74) is 6.43. The second kappa shape index (κ2) is 13.4. The first-order valence-electron chi connectivity index (χ1n) is 14.4. The first kappa shape index (κ1) is 32.4. The van der Waals surface area contributed by atoms with Crippen LogP contribution < -0.4 is 0 Å². The number of para-hydroxylation sites is 2. The number of thioether (sulfide) groups is 2. The van der Waals surface area contributed by atoms with Crippen molar-refractivity contribution in [1.82, 2.24) is 0 Å². The third kappa shape index (κ3) is 7.92. The summed E-state index contributed by atoms with van der Waals surface area (Å²) in [6, 6.07) is 24.2. The van der Waals surface area contributed by atoms with Crippen LogP contribution in [0.25, 0.3) is 0 Å². The molecule has 224 valence electrons. The van der Waals surface area contributed by atoms with Gasteiger partial charge >= 0.3 is 0 Å². The fourth-order valence-corrected chi connectivity index (χ4v) is 6.06. The zero-order valence-corrected chi connectivity index (χ0v) is 28.0. The first-order chi connectivity index (χ1) is 20.3. The standard InChI is InChI=1S/C37H42N2O2S2/c1-36(2,3)28-20-24(18-26(34(28)40)22-38-30-13-9-11-15-32(30)42-7)17-25-19-27(35(41)29(21-25)37(4,5)6)23-39-31-14-10-12-16-33(31)43-8/h9-16,18-23,40-41H,17H2,1-8H3. The van der Waals surface area contributed by atoms with Crippen molar-refractivity contribution in [1.29, 1.82) is 0 Å². The lowest BCUT2D eigenvalue weighted by molar-refractivity contribution is 0.445. The first-order valence-corrected chi connectivity index (χ1v) is 16.8. The highest BCUT2D eigenvalue weighted by molar-refractivity contribution is 7.99. The lowest BCUT2D eigenvalue weighted by Gasteiger charge is -2.24. The highest BCUT2D eigenvalue weighted by Crippen LogP contribution is 2.38. The molecule has 0 spiro atoms. The summed E-state index contributed by atoms with van der Waals surface area (Å²) in [6.07, 6.45) is 8.23. The van der Waals surface area contributed by atoms with Crippen molar-refractivity contribution < 1.29 is 10.2 Å². The van der Waals surface area contributed by atoms with Gasteiger partial charge < -0.3 is 10.2 Å². The molecule has 43 heavy (non-hydrogen) atoms. The van der Waals surface area contributed by atoms with Gasteiger partial charge in [0, 0.05) is 44.5 Å². The maximum atomic E-state index is 11.3. The zero-order valence-electron chi connectivity index (χ0n) is 26.4. The third-order valence-corrected chi connectivity index (χ3v) is 8.85. The number of phenols is 2. The molecule has 4 aromatic rings. The molecule has 0 amide bonds. The van der Waals surface area contributed by atoms with Gasteiger partial charge in [-0.25, -0.2) is 0 Å². The summed E-state index contributed by atoms with van der Waals surface area (Å²) >= 11 is 3.30. The van der Waals surface area contributed by atoms with Crippen LogP contribution in [0.15, 0.2) is 92.6 Å². The van der Waals surface area contributed by atoms with Crippen molar-refractivity contribution in [2.45, 2.75) is 68.6 Å². The molecular weight excluding hydrogens is 569 g/mol. The van der Waals surface area contributed by atoms with E-state index in [4.69, 9.17) is 9.98 Å². The van der Waals surface area contributed by atoms with Gasteiger partial charge in [-0.2, -0.15) is 0 Å². The molecule has 6 heteroatoms. The Labute approximate surface area is 265 Å². The van der Waals surface area contributed by atoms with Crippen LogP contribution in [0.1, 0.15) is 74.9 Å². The van der Waals surface area contributed by atoms with Gasteiger partial charge in [0.05, 0.1) is 11.4 Å². The third-order valence-electron chi connectivity index (χ3n) is 7.28. The van der Waals surface area contributed by atoms with E-state index in [-0.39, 0.29) is 22.3 Å². The second-order valence-corrected chi connectivity index (χ2v) is 14.4. The van der Waals surface area contributed by atoms with E-state index in [2.05, 4.69) is 53.7 Å². The van der Waals surface area contributed by atoms with Gasteiger partial charge in [-0.3, -0.25) is 9.98 Å². The van der Waals surface area contributed by atoms with Crippen molar-refractivity contribution in [3.8, 4) is 11.5 Å². The highest BCUT2D eigenvalue weighted by atomic mass is 32.2. The summed E-state index contributed by atoms with van der Waals surface area (Å²) < 4.78 is 0. The van der Waals surface area contributed by atoms with Crippen LogP contribution in [0, 0.1) is 0 Å². The van der Waals surface area contributed by atoms with E-state index in [0.29, 0.717) is 17.5 Å². The van der Waals surface area contributed by atoms with Gasteiger partial charge in [-0.1, -0.05) is 77.9 Å². The van der Waals surface area contributed by atoms with Crippen molar-refractivity contribution in [2.24, 2.45) is 9.98 Å². The summed E-state index contributed by atoms with van der Waals surface area (Å²) in [5.74, 6) is 0.506. The zero-order chi connectivity index (χ0) is 31.4. The molecule has 4 aromatic carbocycles. The Balaban J connectivity index is 1.80. The van der Waals surface area contributed by atoms with Crippen molar-refractivity contribution >= 4 is 47.3 Å². The molecule has 0 unspecified atom stereocenters. The molecule has 0 atom stereocenters. The van der Waals surface area contributed by atoms with Gasteiger partial charge in [0.15, 0.2) is 0 Å². The van der Waals surface area contributed by atoms with Gasteiger partial charge in [0.1, 0.15) is 11.5 Å². The van der Waals surface area contributed by atoms with Crippen LogP contribution in [0.2, 0.25) is 0 Å². The van der Waals surface area contributed by atoms with Crippen molar-refractivity contribution in [3.63, 3.8) is 0 Å². The molecule has 0 fully saturated rings. The number of hydrogen-bond acceptors (Lipinski definition) is 6. The van der Waals surface area contributed by atoms with E-state index in [9.17, 15) is 10.2 Å². The van der Waals surface area contributed by atoms with E-state index in [1.54, 1.807) is 36.0 Å². The maximum Gasteiger partial charge on any atom is 0.128 e. The average Bonchev–Trinajstić information content (AvgIpc) is 2.96. The lowest BCUT2D eigenvalue weighted by atomic mass is 9.82. The Bertz CT molecular complexity index is 1540. The van der Waals surface area contributed by atoms with Crippen molar-refractivity contribution in [2.75, 3.05) is 12.5 Å². The van der Waals surface area contributed by atoms with E-state index < -0.39 is 0 Å². The molecule has 0 saturated heterocycles. The number of aromatic hydroxyl groups is 2. The summed E-state index contributed by atoms with van der Waals surface area (Å²) in [5, 5.41) is 22.6. The smallest absolute Gasteiger partial charge is 0.128 e. The Hall–Kier alpha value is -3.48. The minimum Gasteiger partial charge on any atom is -0.507 e. The van der Waals surface area contributed by atoms with Crippen LogP contribution in [-0.4, -0.2) is 35.2 Å². The predicted molar refractivity (Wildman–Crippen MR) is 187 cm³/mol. The maximum absolute atomic E-state index is 11.3. The van der Waals surface area contributed by atoms with E-state index >= 15 is 0 Å². The van der Waals surface area contributed by atoms with Crippen LogP contribution in [0.3, 0.4) is 0 Å². The van der Waals surface area contributed by atoms with Crippen molar-refractivity contribution in [3.05, 3.63) is 106 Å². The topological polar surface area (TPSA) is 65.2 Å². The molecule has 0 aromatic heterocycles. The van der Waals surface area contributed by atoms with Crippen LogP contribution >= 0.6 is 23.5 Å². The van der Waals surface area contributed by atoms with Crippen LogP contribution in [0.4, 0.5) is 11.4 Å². The van der Waals surface area contributed by atoms with Gasteiger partial charge in [-0.05, 0) is 77.3 Å². The molecule has 0 aliphatic heterocycles. The number of hydrogen-bond donors (Lipinski definition) is 2. The van der Waals surface area contributed by atoms with Crippen LogP contribution in [0.5, 0.6) is 11.5 Å². The summed E-state index contributed by atoms with van der Waals surface area (Å²) in [7, 11) is 0. The fourth-order valence-electron chi connectivity index (χ4n) is 4.97. The second-order valence-electron chi connectivity index (χ2n) is 12.7. The van der Waals surface area contributed by atoms with Gasteiger partial charge in [-0.15, -0.1) is 23.5 Å². The Morgan fingerprint density at radius 3 is 1.33 bits per heavy atom. The van der Waals surface area contributed by atoms with Crippen LogP contribution in [-0.2, 0) is 17.3 Å². The molecule has 0 heterocycles. The molecule has 2 N–H and O–H groups in total. The van der Waals surface area contributed by atoms with Gasteiger partial charge in [0.25, 0.3) is 0 Å². The number of phenolic OH excluding ortho intramolecular Hbond substituents is 2. The number of aliphatic imine (C=N–C) groups is 2. The van der Waals surface area contributed by atoms with Gasteiger partial charge in [0.2, 0.25) is 0 Å². The Morgan fingerprint density at radius 1 is 0.605 bits per heavy atom. The Kier molecular flexibility index (Phi) is 10.1. The van der Waals surface area contributed by atoms with E-state index in [0.717, 1.165) is 43.4 Å². The molecule has 0 radical (unpaired) electrons. The number of rotatable bonds is 8. The average molecular weight is 611 g/mol. The molecule has 0 saturated carbocycles. The SMILES string of the molecule is CSc1ccccc1N=Cc1cc(Cc2cc(C=Nc3ccccc3SC)c(O)c(C(C)(C)C)c2)cc(C(C)(C)C)c1O. The number of benzene rings is 4. The largest absolute Gasteiger partial charge is 0.507 e. The Morgan fingerprint density at radius 2 is 0.977 bits per heavy atom.